The van der Waals surface area contributed by atoms with Crippen LogP contribution < -0.4 is 10.5 Å². The minimum Gasteiger partial charge on any atom is -0.462 e. The Labute approximate surface area is 66.5 Å². The van der Waals surface area contributed by atoms with E-state index in [0.29, 0.717) is 11.9 Å². The number of hydrazone groups is 1. The number of aliphatic hydroxyl groups excluding tert-OH is 1. The maximum atomic E-state index is 9.10. The first-order valence-corrected chi connectivity index (χ1v) is 4.42. The molecule has 0 spiro atoms. The molecule has 0 aromatic carbocycles. The summed E-state index contributed by atoms with van der Waals surface area (Å²) >= 11 is 0. The van der Waals surface area contributed by atoms with Crippen LogP contribution in [0.15, 0.2) is 0 Å². The molecule has 0 amide bonds. The van der Waals surface area contributed by atoms with Crippen LogP contribution in [0.4, 0.5) is 0 Å². The van der Waals surface area contributed by atoms with Crippen molar-refractivity contribution in [2.75, 3.05) is 0 Å². The average molecular weight is 155 g/mol. The van der Waals surface area contributed by atoms with E-state index < -0.39 is 0 Å². The Bertz CT molecular complexity index is 173. The number of rotatable bonds is 1. The quantitative estimate of drug-likeness (QED) is 0.477. The molecule has 1 fully saturated rings. The molecule has 1 saturated carbocycles. The summed E-state index contributed by atoms with van der Waals surface area (Å²) in [5, 5.41) is 11.9. The zero-order valence-electron chi connectivity index (χ0n) is 6.64. The van der Waals surface area contributed by atoms with Crippen LogP contribution in [-0.4, -0.2) is 17.0 Å². The third kappa shape index (κ3) is 1.32. The van der Waals surface area contributed by atoms with Crippen LogP contribution >= 0.6 is 0 Å². The molecule has 2 rings (SSSR count). The average Bonchev–Trinajstić information content (AvgIpc) is 2.55. The van der Waals surface area contributed by atoms with E-state index in [2.05, 4.69) is 10.5 Å². The Kier molecular flexibility index (Phi) is 1.72. The summed E-state index contributed by atoms with van der Waals surface area (Å²) in [7, 11) is 0. The van der Waals surface area contributed by atoms with Crippen LogP contribution in [0.2, 0.25) is 0 Å². The Morgan fingerprint density at radius 1 is 1.36 bits per heavy atom. The van der Waals surface area contributed by atoms with Gasteiger partial charge in [0.2, 0.25) is 0 Å². The summed E-state index contributed by atoms with van der Waals surface area (Å²) < 4.78 is 0. The molecule has 0 radical (unpaired) electrons. The maximum Gasteiger partial charge on any atom is 0.362 e. The lowest BCUT2D eigenvalue weighted by Crippen LogP contribution is -2.80. The topological polar surface area (TPSA) is 46.2 Å². The van der Waals surface area contributed by atoms with Crippen molar-refractivity contribution in [2.45, 2.75) is 38.1 Å². The van der Waals surface area contributed by atoms with Crippen LogP contribution in [0.3, 0.4) is 0 Å². The van der Waals surface area contributed by atoms with Crippen molar-refractivity contribution < 1.29 is 10.2 Å². The molecule has 3 nitrogen and oxygen atoms in total. The first-order valence-electron chi connectivity index (χ1n) is 4.42. The molecular formula is C8H15N2O+. The van der Waals surface area contributed by atoms with E-state index in [9.17, 15) is 0 Å². The molecule has 62 valence electrons. The first kappa shape index (κ1) is 6.95. The van der Waals surface area contributed by atoms with E-state index in [0.717, 1.165) is 12.3 Å². The van der Waals surface area contributed by atoms with Gasteiger partial charge >= 0.3 is 5.90 Å². The molecule has 0 bridgehead atoms. The molecule has 0 aromatic heterocycles. The lowest BCUT2D eigenvalue weighted by Gasteiger charge is -2.12. The largest absolute Gasteiger partial charge is 0.462 e. The Morgan fingerprint density at radius 3 is 2.64 bits per heavy atom. The van der Waals surface area contributed by atoms with E-state index >= 15 is 0 Å². The van der Waals surface area contributed by atoms with Gasteiger partial charge < -0.3 is 5.11 Å². The monoisotopic (exact) mass is 155 g/mol. The van der Waals surface area contributed by atoms with Crippen molar-refractivity contribution in [2.24, 2.45) is 5.92 Å². The lowest BCUT2D eigenvalue weighted by molar-refractivity contribution is -0.530. The highest BCUT2D eigenvalue weighted by molar-refractivity contribution is 5.68. The predicted octanol–water partition coefficient (Wildman–Crippen LogP) is -0.509. The van der Waals surface area contributed by atoms with Gasteiger partial charge in [0.15, 0.2) is 0 Å². The molecule has 3 N–H and O–H groups in total. The standard InChI is InChI=1S/C8H14N2O/c11-8-5-7(9-10-8)6-3-1-2-4-6/h6-7,9H,1-5H2,(H,10,11)/p+1. The summed E-state index contributed by atoms with van der Waals surface area (Å²) in [6, 6.07) is 0.484. The fourth-order valence-electron chi connectivity index (χ4n) is 2.13. The summed E-state index contributed by atoms with van der Waals surface area (Å²) in [5.41, 5.74) is 3.11. The van der Waals surface area contributed by atoms with E-state index in [1.807, 2.05) is 0 Å². The van der Waals surface area contributed by atoms with Gasteiger partial charge in [-0.05, 0) is 18.8 Å². The lowest BCUT2D eigenvalue weighted by atomic mass is 9.97. The second-order valence-corrected chi connectivity index (χ2v) is 3.57. The first-order chi connectivity index (χ1) is 5.36. The summed E-state index contributed by atoms with van der Waals surface area (Å²) in [6.07, 6.45) is 6.18. The number of hydrogen-bond donors (Lipinski definition) is 3. The molecule has 1 aliphatic heterocycles. The maximum absolute atomic E-state index is 9.10. The second kappa shape index (κ2) is 2.72. The molecule has 3 heteroatoms. The summed E-state index contributed by atoms with van der Waals surface area (Å²) in [5.74, 6) is 1.19. The Morgan fingerprint density at radius 2 is 2.09 bits per heavy atom. The summed E-state index contributed by atoms with van der Waals surface area (Å²) in [4.78, 5) is 0. The van der Waals surface area contributed by atoms with Crippen molar-refractivity contribution in [3.63, 3.8) is 0 Å². The number of hydrazine groups is 1. The van der Waals surface area contributed by atoms with E-state index in [1.165, 1.54) is 25.7 Å². The third-order valence-corrected chi connectivity index (χ3v) is 2.78. The second-order valence-electron chi connectivity index (χ2n) is 3.57. The van der Waals surface area contributed by atoms with Crippen LogP contribution in [0, 0.1) is 5.92 Å². The minimum absolute atomic E-state index is 0.405. The highest BCUT2D eigenvalue weighted by Crippen LogP contribution is 2.28. The van der Waals surface area contributed by atoms with Gasteiger partial charge in [0.25, 0.3) is 0 Å². The molecule has 0 saturated heterocycles. The molecule has 11 heavy (non-hydrogen) atoms. The molecule has 1 atom stereocenters. The molecular weight excluding hydrogens is 140 g/mol. The van der Waals surface area contributed by atoms with Crippen molar-refractivity contribution in [1.29, 1.82) is 0 Å². The normalized spacial score (nSPS) is 32.0. The van der Waals surface area contributed by atoms with Crippen LogP contribution in [0.1, 0.15) is 32.1 Å². The molecule has 1 unspecified atom stereocenters. The molecule has 1 aliphatic carbocycles. The smallest absolute Gasteiger partial charge is 0.362 e. The van der Waals surface area contributed by atoms with E-state index in [1.54, 1.807) is 0 Å². The third-order valence-electron chi connectivity index (χ3n) is 2.78. The molecule has 1 heterocycles. The van der Waals surface area contributed by atoms with Crippen molar-refractivity contribution in [3.05, 3.63) is 0 Å². The highest BCUT2D eigenvalue weighted by Gasteiger charge is 2.32. The molecule has 2 aliphatic rings. The van der Waals surface area contributed by atoms with Crippen LogP contribution in [0.5, 0.6) is 0 Å². The minimum atomic E-state index is 0.405. The number of aliphatic hydroxyl groups is 1. The van der Waals surface area contributed by atoms with Gasteiger partial charge in [0.05, 0.1) is 12.5 Å². The fraction of sp³-hybridized carbons (Fsp3) is 0.875. The van der Waals surface area contributed by atoms with Gasteiger partial charge in [-0.15, -0.1) is 5.10 Å². The predicted molar refractivity (Wildman–Crippen MR) is 42.1 cm³/mol. The Balaban J connectivity index is 1.88. The fourth-order valence-corrected chi connectivity index (χ4v) is 2.13. The zero-order chi connectivity index (χ0) is 7.68. The molecule has 0 aromatic rings. The van der Waals surface area contributed by atoms with Gasteiger partial charge in [0, 0.05) is 0 Å². The van der Waals surface area contributed by atoms with Gasteiger partial charge in [-0.25, -0.2) is 0 Å². The SMILES string of the molecule is OC1=[NH+]NC(C2CCCC2)C1. The Hall–Kier alpha value is -0.730. The number of nitrogens with one attached hydrogen (secondary N) is 2. The summed E-state index contributed by atoms with van der Waals surface area (Å²) in [6.45, 7) is 0. The van der Waals surface area contributed by atoms with Gasteiger partial charge in [-0.3, -0.25) is 0 Å². The van der Waals surface area contributed by atoms with Crippen LogP contribution in [0.25, 0.3) is 0 Å². The zero-order valence-corrected chi connectivity index (χ0v) is 6.64. The van der Waals surface area contributed by atoms with Crippen molar-refractivity contribution >= 4 is 5.90 Å². The van der Waals surface area contributed by atoms with Gasteiger partial charge in [0.1, 0.15) is 0 Å². The highest BCUT2D eigenvalue weighted by atomic mass is 16.3. The van der Waals surface area contributed by atoms with E-state index in [4.69, 9.17) is 5.11 Å². The van der Waals surface area contributed by atoms with Crippen LogP contribution in [-0.2, 0) is 0 Å². The number of hydrogen-bond acceptors (Lipinski definition) is 1. The van der Waals surface area contributed by atoms with Crippen molar-refractivity contribution in [1.82, 2.24) is 5.43 Å². The van der Waals surface area contributed by atoms with Crippen molar-refractivity contribution in [3.8, 4) is 0 Å². The van der Waals surface area contributed by atoms with E-state index in [-0.39, 0.29) is 0 Å². The van der Waals surface area contributed by atoms with Gasteiger partial charge in [-0.1, -0.05) is 12.8 Å². The van der Waals surface area contributed by atoms with Gasteiger partial charge in [-0.2, -0.15) is 5.43 Å².